The van der Waals surface area contributed by atoms with Gasteiger partial charge in [0.15, 0.2) is 5.65 Å². The first-order chi connectivity index (χ1) is 14.0. The lowest BCUT2D eigenvalue weighted by molar-refractivity contribution is 0.0527. The molecule has 0 aromatic carbocycles. The predicted molar refractivity (Wildman–Crippen MR) is 113 cm³/mol. The maximum Gasteiger partial charge on any atom is 0.341 e. The molecule has 152 valence electrons. The fourth-order valence-electron chi connectivity index (χ4n) is 3.79. The van der Waals surface area contributed by atoms with Crippen LogP contribution in [0.1, 0.15) is 23.0 Å². The topological polar surface area (TPSA) is 76.4 Å². The molecule has 0 unspecified atom stereocenters. The van der Waals surface area contributed by atoms with Crippen LogP contribution in [0.25, 0.3) is 11.0 Å². The summed E-state index contributed by atoms with van der Waals surface area (Å²) in [6.07, 6.45) is 3.26. The van der Waals surface area contributed by atoms with Gasteiger partial charge in [-0.2, -0.15) is 5.10 Å². The number of hydrogen-bond donors (Lipinski definition) is 0. The SMILES string of the molecule is CCOC(=O)c1cnc2c(c(C)nn2C)c1N1CCN(c2ccc(Cl)cn2)CC1. The smallest absolute Gasteiger partial charge is 0.341 e. The first kappa shape index (κ1) is 19.4. The van der Waals surface area contributed by atoms with Crippen molar-refractivity contribution in [2.75, 3.05) is 42.6 Å². The Bertz CT molecular complexity index is 1040. The molecule has 3 aromatic rings. The third-order valence-corrected chi connectivity index (χ3v) is 5.35. The molecule has 4 heterocycles. The van der Waals surface area contributed by atoms with Crippen LogP contribution in [0.2, 0.25) is 5.02 Å². The Morgan fingerprint density at radius 2 is 1.86 bits per heavy atom. The molecule has 1 aliphatic rings. The predicted octanol–water partition coefficient (Wildman–Crippen LogP) is 2.83. The number of fused-ring (bicyclic) bond motifs is 1. The lowest BCUT2D eigenvalue weighted by Crippen LogP contribution is -2.47. The second-order valence-corrected chi connectivity index (χ2v) is 7.39. The average Bonchev–Trinajstić information content (AvgIpc) is 3.02. The zero-order valence-electron chi connectivity index (χ0n) is 16.7. The number of carbonyl (C=O) groups is 1. The van der Waals surface area contributed by atoms with Gasteiger partial charge in [0.1, 0.15) is 11.4 Å². The van der Waals surface area contributed by atoms with E-state index in [-0.39, 0.29) is 5.97 Å². The van der Waals surface area contributed by atoms with Crippen molar-refractivity contribution in [2.45, 2.75) is 13.8 Å². The third kappa shape index (κ3) is 3.60. The Labute approximate surface area is 174 Å². The second-order valence-electron chi connectivity index (χ2n) is 6.96. The van der Waals surface area contributed by atoms with Gasteiger partial charge in [0, 0.05) is 45.6 Å². The molecule has 0 atom stereocenters. The van der Waals surface area contributed by atoms with E-state index in [1.54, 1.807) is 24.0 Å². The van der Waals surface area contributed by atoms with Gasteiger partial charge in [-0.25, -0.2) is 14.8 Å². The molecule has 0 bridgehead atoms. The van der Waals surface area contributed by atoms with E-state index in [0.717, 1.165) is 54.4 Å². The van der Waals surface area contributed by atoms with Gasteiger partial charge < -0.3 is 14.5 Å². The number of nitrogens with zero attached hydrogens (tertiary/aromatic N) is 6. The Morgan fingerprint density at radius 1 is 1.14 bits per heavy atom. The highest BCUT2D eigenvalue weighted by molar-refractivity contribution is 6.30. The maximum absolute atomic E-state index is 12.6. The number of hydrogen-bond acceptors (Lipinski definition) is 7. The van der Waals surface area contributed by atoms with Gasteiger partial charge in [-0.1, -0.05) is 11.6 Å². The first-order valence-electron chi connectivity index (χ1n) is 9.60. The third-order valence-electron chi connectivity index (χ3n) is 5.13. The highest BCUT2D eigenvalue weighted by Gasteiger charge is 2.27. The van der Waals surface area contributed by atoms with Crippen LogP contribution in [0.3, 0.4) is 0 Å². The highest BCUT2D eigenvalue weighted by atomic mass is 35.5. The molecule has 9 heteroatoms. The van der Waals surface area contributed by atoms with Crippen LogP contribution >= 0.6 is 11.6 Å². The van der Waals surface area contributed by atoms with Gasteiger partial charge in [0.25, 0.3) is 0 Å². The summed E-state index contributed by atoms with van der Waals surface area (Å²) >= 11 is 5.95. The Morgan fingerprint density at radius 3 is 2.52 bits per heavy atom. The largest absolute Gasteiger partial charge is 0.462 e. The Balaban J connectivity index is 1.68. The minimum absolute atomic E-state index is 0.318. The molecule has 29 heavy (non-hydrogen) atoms. The zero-order valence-corrected chi connectivity index (χ0v) is 17.5. The van der Waals surface area contributed by atoms with Gasteiger partial charge in [0.05, 0.1) is 28.4 Å². The monoisotopic (exact) mass is 414 g/mol. The number of aryl methyl sites for hydroxylation is 2. The lowest BCUT2D eigenvalue weighted by Gasteiger charge is -2.37. The lowest BCUT2D eigenvalue weighted by atomic mass is 10.1. The molecule has 4 rings (SSSR count). The van der Waals surface area contributed by atoms with Crippen LogP contribution in [0.5, 0.6) is 0 Å². The van der Waals surface area contributed by atoms with E-state index in [1.807, 2.05) is 26.1 Å². The number of anilines is 2. The summed E-state index contributed by atoms with van der Waals surface area (Å²) in [6, 6.07) is 3.78. The minimum Gasteiger partial charge on any atom is -0.462 e. The van der Waals surface area contributed by atoms with Crippen molar-refractivity contribution in [3.63, 3.8) is 0 Å². The molecule has 1 aliphatic heterocycles. The molecule has 0 spiro atoms. The Kier molecular flexibility index (Phi) is 5.27. The quantitative estimate of drug-likeness (QED) is 0.607. The molecule has 0 aliphatic carbocycles. The number of piperazine rings is 1. The summed E-state index contributed by atoms with van der Waals surface area (Å²) < 4.78 is 7.04. The number of ether oxygens (including phenoxy) is 1. The Hall–Kier alpha value is -2.87. The average molecular weight is 415 g/mol. The summed E-state index contributed by atoms with van der Waals surface area (Å²) in [7, 11) is 1.86. The van der Waals surface area contributed by atoms with E-state index < -0.39 is 0 Å². The highest BCUT2D eigenvalue weighted by Crippen LogP contribution is 2.33. The van der Waals surface area contributed by atoms with Crippen LogP contribution < -0.4 is 9.80 Å². The number of halogens is 1. The van der Waals surface area contributed by atoms with Crippen LogP contribution in [-0.2, 0) is 11.8 Å². The van der Waals surface area contributed by atoms with E-state index in [2.05, 4.69) is 24.9 Å². The van der Waals surface area contributed by atoms with E-state index >= 15 is 0 Å². The fraction of sp³-hybridized carbons (Fsp3) is 0.400. The fourth-order valence-corrected chi connectivity index (χ4v) is 3.91. The van der Waals surface area contributed by atoms with Crippen molar-refractivity contribution < 1.29 is 9.53 Å². The van der Waals surface area contributed by atoms with Crippen molar-refractivity contribution in [2.24, 2.45) is 7.05 Å². The summed E-state index contributed by atoms with van der Waals surface area (Å²) in [4.78, 5) is 26.0. The molecule has 8 nitrogen and oxygen atoms in total. The van der Waals surface area contributed by atoms with Crippen molar-refractivity contribution >= 4 is 40.1 Å². The first-order valence-corrected chi connectivity index (χ1v) is 9.98. The summed E-state index contributed by atoms with van der Waals surface area (Å²) in [5.74, 6) is 0.541. The molecule has 0 N–H and O–H groups in total. The summed E-state index contributed by atoms with van der Waals surface area (Å²) in [5, 5.41) is 6.03. The normalized spacial score (nSPS) is 14.5. The number of esters is 1. The van der Waals surface area contributed by atoms with Crippen molar-refractivity contribution in [3.05, 3.63) is 40.8 Å². The molecule has 0 amide bonds. The van der Waals surface area contributed by atoms with Crippen LogP contribution in [0.4, 0.5) is 11.5 Å². The number of aromatic nitrogens is 4. The minimum atomic E-state index is -0.359. The summed E-state index contributed by atoms with van der Waals surface area (Å²) in [5.41, 5.74) is 2.93. The van der Waals surface area contributed by atoms with Gasteiger partial charge in [0.2, 0.25) is 0 Å². The van der Waals surface area contributed by atoms with E-state index in [1.165, 1.54) is 0 Å². The molecule has 3 aromatic heterocycles. The molecular formula is C20H23ClN6O2. The van der Waals surface area contributed by atoms with Crippen LogP contribution in [0, 0.1) is 6.92 Å². The number of pyridine rings is 2. The molecular weight excluding hydrogens is 392 g/mol. The molecule has 1 fully saturated rings. The van der Waals surface area contributed by atoms with Crippen molar-refractivity contribution in [1.29, 1.82) is 0 Å². The molecule has 1 saturated heterocycles. The van der Waals surface area contributed by atoms with Crippen LogP contribution in [0.15, 0.2) is 24.5 Å². The number of rotatable bonds is 4. The summed E-state index contributed by atoms with van der Waals surface area (Å²) in [6.45, 7) is 7.10. The van der Waals surface area contributed by atoms with E-state index in [9.17, 15) is 4.79 Å². The molecule has 0 radical (unpaired) electrons. The van der Waals surface area contributed by atoms with Gasteiger partial charge >= 0.3 is 5.97 Å². The van der Waals surface area contributed by atoms with Crippen molar-refractivity contribution in [1.82, 2.24) is 19.7 Å². The van der Waals surface area contributed by atoms with E-state index in [4.69, 9.17) is 16.3 Å². The second kappa shape index (κ2) is 7.87. The van der Waals surface area contributed by atoms with Gasteiger partial charge in [-0.05, 0) is 26.0 Å². The molecule has 0 saturated carbocycles. The van der Waals surface area contributed by atoms with Crippen LogP contribution in [-0.4, -0.2) is 58.5 Å². The standard InChI is InChI=1S/C20H23ClN6O2/c1-4-29-20(28)15-12-23-19-17(13(2)24-25(19)3)18(15)27-9-7-26(8-10-27)16-6-5-14(21)11-22-16/h5-6,11-12H,4,7-10H2,1-3H3. The van der Waals surface area contributed by atoms with Gasteiger partial charge in [-0.15, -0.1) is 0 Å². The van der Waals surface area contributed by atoms with E-state index in [0.29, 0.717) is 17.2 Å². The van der Waals surface area contributed by atoms with Gasteiger partial charge in [-0.3, -0.25) is 4.68 Å². The van der Waals surface area contributed by atoms with Crippen molar-refractivity contribution in [3.8, 4) is 0 Å². The zero-order chi connectivity index (χ0) is 20.5. The number of carbonyl (C=O) groups excluding carboxylic acids is 1. The maximum atomic E-state index is 12.6.